The van der Waals surface area contributed by atoms with Crippen molar-refractivity contribution < 1.29 is 14.1 Å². The Labute approximate surface area is 196 Å². The van der Waals surface area contributed by atoms with E-state index in [0.717, 1.165) is 40.0 Å². The highest BCUT2D eigenvalue weighted by molar-refractivity contribution is 7.99. The predicted octanol–water partition coefficient (Wildman–Crippen LogP) is 4.42. The molecule has 1 spiro atoms. The summed E-state index contributed by atoms with van der Waals surface area (Å²) in [6, 6.07) is 23.8. The Morgan fingerprint density at radius 2 is 1.88 bits per heavy atom. The fourth-order valence-corrected chi connectivity index (χ4v) is 7.56. The lowest BCUT2D eigenvalue weighted by Gasteiger charge is -2.31. The molecule has 0 saturated carbocycles. The number of benzene rings is 2. The molecule has 8 heterocycles. The van der Waals surface area contributed by atoms with Crippen molar-refractivity contribution in [1.29, 1.82) is 0 Å². The maximum absolute atomic E-state index is 6.59. The third-order valence-corrected chi connectivity index (χ3v) is 8.66. The van der Waals surface area contributed by atoms with Gasteiger partial charge in [0.15, 0.2) is 11.7 Å². The van der Waals surface area contributed by atoms with Gasteiger partial charge < -0.3 is 4.74 Å². The van der Waals surface area contributed by atoms with Gasteiger partial charge in [0, 0.05) is 20.9 Å². The molecule has 4 aliphatic rings. The second-order valence-corrected chi connectivity index (χ2v) is 10.3. The van der Waals surface area contributed by atoms with Crippen LogP contribution in [0.15, 0.2) is 82.7 Å². The molecule has 0 fully saturated rings. The average molecular weight is 460 g/mol. The van der Waals surface area contributed by atoms with Crippen LogP contribution < -0.4 is 18.9 Å². The van der Waals surface area contributed by atoms with Gasteiger partial charge in [-0.3, -0.25) is 0 Å². The number of nitrogens with zero attached hydrogens (tertiary/aromatic N) is 6. The maximum Gasteiger partial charge on any atom is 0.438 e. The zero-order valence-corrected chi connectivity index (χ0v) is 18.7. The number of aryl methyl sites for hydroxylation is 1. The van der Waals surface area contributed by atoms with Crippen molar-refractivity contribution in [2.45, 2.75) is 16.7 Å². The fraction of sp³-hybridized carbons (Fsp3) is 0.0385. The van der Waals surface area contributed by atoms with Crippen molar-refractivity contribution in [3.05, 3.63) is 78.6 Å². The number of pyridine rings is 2. The molecule has 10 rings (SSSR count). The first-order chi connectivity index (χ1) is 16.8. The Bertz CT molecular complexity index is 2000. The average Bonchev–Trinajstić information content (AvgIpc) is 3.49. The Balaban J connectivity index is 1.59. The van der Waals surface area contributed by atoms with Gasteiger partial charge in [-0.25, -0.2) is 0 Å². The van der Waals surface area contributed by atoms with Crippen LogP contribution in [0.2, 0.25) is 0 Å². The summed E-state index contributed by atoms with van der Waals surface area (Å²) in [7, 11) is 0. The Morgan fingerprint density at radius 3 is 2.85 bits per heavy atom. The van der Waals surface area contributed by atoms with Crippen LogP contribution in [0.3, 0.4) is 0 Å². The molecule has 1 atom stereocenters. The topological polar surface area (TPSA) is 39.7 Å². The maximum atomic E-state index is 6.59. The molecule has 0 amide bonds. The van der Waals surface area contributed by atoms with E-state index in [1.165, 1.54) is 31.8 Å². The predicted molar refractivity (Wildman–Crippen MR) is 126 cm³/mol. The molecule has 158 valence electrons. The minimum atomic E-state index is 0.261. The second-order valence-electron chi connectivity index (χ2n) is 9.23. The van der Waals surface area contributed by atoms with E-state index >= 15 is 0 Å². The van der Waals surface area contributed by atoms with Crippen LogP contribution in [0, 0.1) is 6.92 Å². The number of para-hydroxylation sites is 1. The van der Waals surface area contributed by atoms with Crippen LogP contribution in [-0.2, 0) is 0 Å². The van der Waals surface area contributed by atoms with E-state index in [1.807, 2.05) is 17.8 Å². The summed E-state index contributed by atoms with van der Waals surface area (Å²) in [5.41, 5.74) is 7.84. The van der Waals surface area contributed by atoms with Crippen LogP contribution in [-0.4, -0.2) is 14.5 Å². The van der Waals surface area contributed by atoms with E-state index in [-0.39, 0.29) is 4.81 Å². The van der Waals surface area contributed by atoms with Gasteiger partial charge in [0.2, 0.25) is 21.9 Å². The number of ether oxygens (including phenoxy) is 1. The second kappa shape index (κ2) is 4.86. The van der Waals surface area contributed by atoms with Gasteiger partial charge in [-0.05, 0) is 55.5 Å². The molecule has 0 bridgehead atoms. The van der Waals surface area contributed by atoms with E-state index in [9.17, 15) is 0 Å². The van der Waals surface area contributed by atoms with Crippen molar-refractivity contribution in [1.82, 2.24) is 19.3 Å². The zero-order chi connectivity index (χ0) is 21.9. The van der Waals surface area contributed by atoms with Crippen LogP contribution in [0.5, 0.6) is 11.6 Å². The van der Waals surface area contributed by atoms with Gasteiger partial charge in [0.1, 0.15) is 4.68 Å². The summed E-state index contributed by atoms with van der Waals surface area (Å²) in [5, 5.41) is 7.59. The molecule has 0 aliphatic carbocycles. The van der Waals surface area contributed by atoms with Crippen molar-refractivity contribution in [3.8, 4) is 28.7 Å². The molecule has 4 aromatic heterocycles. The number of hydrogen-bond acceptors (Lipinski definition) is 3. The minimum Gasteiger partial charge on any atom is -0.394 e. The summed E-state index contributed by atoms with van der Waals surface area (Å²) in [6.07, 6.45) is 2.18. The lowest BCUT2D eigenvalue weighted by molar-refractivity contribution is -1.05. The first kappa shape index (κ1) is 16.5. The molecular formula is C26H15N6OS+3. The molecule has 7 nitrogen and oxygen atoms in total. The number of quaternary nitrogens is 1. The van der Waals surface area contributed by atoms with Crippen LogP contribution >= 0.6 is 11.8 Å². The molecular weight excluding hydrogens is 444 g/mol. The smallest absolute Gasteiger partial charge is 0.394 e. The van der Waals surface area contributed by atoms with Gasteiger partial charge in [-0.15, -0.1) is 5.10 Å². The standard InChI is InChI=1S/C26H15N6OS/c1-14-13-18-17-7-3-9-22-30(17)32(31(18)27-14)25-19(33-22)10-11-21-24(25)29-23-15(5-2-8-20(23)34-21)16-6-4-12-28(32)26(16)29/h2-13H,1H3/q+3. The molecule has 0 saturated heterocycles. The molecule has 0 radical (unpaired) electrons. The zero-order valence-electron chi connectivity index (χ0n) is 17.9. The summed E-state index contributed by atoms with van der Waals surface area (Å²) in [5.74, 6) is 1.65. The van der Waals surface area contributed by atoms with Crippen LogP contribution in [0.4, 0.5) is 5.69 Å². The van der Waals surface area contributed by atoms with Crippen molar-refractivity contribution >= 4 is 39.4 Å². The van der Waals surface area contributed by atoms with Crippen LogP contribution in [0.25, 0.3) is 39.0 Å². The lowest BCUT2D eigenvalue weighted by atomic mass is 10.2. The molecule has 4 aliphatic heterocycles. The molecule has 1 unspecified atom stereocenters. The van der Waals surface area contributed by atoms with Gasteiger partial charge in [0.25, 0.3) is 0 Å². The first-order valence-corrected chi connectivity index (χ1v) is 12.1. The van der Waals surface area contributed by atoms with E-state index in [0.29, 0.717) is 0 Å². The Hall–Kier alpha value is -4.14. The third kappa shape index (κ3) is 1.42. The lowest BCUT2D eigenvalue weighted by Crippen LogP contribution is -2.88. The van der Waals surface area contributed by atoms with Gasteiger partial charge in [0.05, 0.1) is 26.9 Å². The molecule has 34 heavy (non-hydrogen) atoms. The van der Waals surface area contributed by atoms with Gasteiger partial charge in [-0.2, -0.15) is 4.57 Å². The molecule has 6 aromatic rings. The van der Waals surface area contributed by atoms with Crippen molar-refractivity contribution in [2.24, 2.45) is 0 Å². The first-order valence-electron chi connectivity index (χ1n) is 11.3. The summed E-state index contributed by atoms with van der Waals surface area (Å²) in [4.78, 5) is 4.92. The SMILES string of the molecule is Cc1cc2n(n1)[N+]13c4c(ccc5c4-n4c6c(cccc6c6ccc[n+]1c64)S5)Oc1cccc-2[n+]13. The Morgan fingerprint density at radius 1 is 0.971 bits per heavy atom. The minimum absolute atomic E-state index is 0.261. The summed E-state index contributed by atoms with van der Waals surface area (Å²) in [6.45, 7) is 2.06. The third-order valence-electron chi connectivity index (χ3n) is 7.56. The van der Waals surface area contributed by atoms with E-state index in [4.69, 9.17) is 9.84 Å². The largest absolute Gasteiger partial charge is 0.438 e. The molecule has 0 N–H and O–H groups in total. The number of hydrogen-bond donors (Lipinski definition) is 0. The summed E-state index contributed by atoms with van der Waals surface area (Å²) >= 11 is 1.84. The fourth-order valence-electron chi connectivity index (χ4n) is 6.46. The highest BCUT2D eigenvalue weighted by Crippen LogP contribution is 2.56. The van der Waals surface area contributed by atoms with Crippen molar-refractivity contribution in [3.63, 3.8) is 0 Å². The van der Waals surface area contributed by atoms with Crippen molar-refractivity contribution in [2.75, 3.05) is 0 Å². The quantitative estimate of drug-likeness (QED) is 0.249. The Kier molecular flexibility index (Phi) is 2.36. The highest BCUT2D eigenvalue weighted by Gasteiger charge is 2.71. The van der Waals surface area contributed by atoms with E-state index < -0.39 is 0 Å². The monoisotopic (exact) mass is 459 g/mol. The van der Waals surface area contributed by atoms with E-state index in [1.54, 1.807) is 0 Å². The highest BCUT2D eigenvalue weighted by atomic mass is 32.2. The molecule has 2 aromatic carbocycles. The van der Waals surface area contributed by atoms with Gasteiger partial charge >= 0.3 is 22.9 Å². The number of fused-ring (bicyclic) bond motifs is 3. The normalized spacial score (nSPS) is 19.0. The van der Waals surface area contributed by atoms with Gasteiger partial charge in [-0.1, -0.05) is 17.8 Å². The summed E-state index contributed by atoms with van der Waals surface area (Å²) < 4.78 is 13.7. The van der Waals surface area contributed by atoms with Crippen LogP contribution in [0.1, 0.15) is 5.69 Å². The molecule has 8 heteroatoms. The number of aromatic nitrogens is 5. The number of rotatable bonds is 0. The van der Waals surface area contributed by atoms with E-state index in [2.05, 4.69) is 92.5 Å².